The lowest BCUT2D eigenvalue weighted by Gasteiger charge is -2.35. The van der Waals surface area contributed by atoms with Crippen LogP contribution < -0.4 is 5.76 Å². The SMILES string of the molecule is CC(C)(C)OC(=O)N1CCN(Cc2ccc(-c3nn(Cc4ccc(-c5nnc(C(F)F)o5)cn4)c(=O)o3)cc2)CC1. The third-order valence-electron chi connectivity index (χ3n) is 6.25. The van der Waals surface area contributed by atoms with Gasteiger partial charge in [0.2, 0.25) is 11.8 Å². The number of pyridine rings is 1. The lowest BCUT2D eigenvalue weighted by Crippen LogP contribution is -2.49. The van der Waals surface area contributed by atoms with Gasteiger partial charge in [-0.25, -0.2) is 9.59 Å². The molecule has 1 aliphatic rings. The van der Waals surface area contributed by atoms with Gasteiger partial charge in [-0.1, -0.05) is 12.1 Å². The smallest absolute Gasteiger partial charge is 0.437 e. The minimum atomic E-state index is -2.86. The lowest BCUT2D eigenvalue weighted by molar-refractivity contribution is 0.0139. The maximum Gasteiger partial charge on any atom is 0.437 e. The second-order valence-electron chi connectivity index (χ2n) is 10.6. The van der Waals surface area contributed by atoms with Gasteiger partial charge < -0.3 is 18.5 Å². The zero-order chi connectivity index (χ0) is 29.1. The van der Waals surface area contributed by atoms with Crippen LogP contribution >= 0.6 is 0 Å². The van der Waals surface area contributed by atoms with E-state index in [0.717, 1.165) is 29.9 Å². The van der Waals surface area contributed by atoms with E-state index in [9.17, 15) is 18.4 Å². The summed E-state index contributed by atoms with van der Waals surface area (Å²) in [5.74, 6) is -1.31. The van der Waals surface area contributed by atoms with Gasteiger partial charge in [0.15, 0.2) is 0 Å². The van der Waals surface area contributed by atoms with Crippen LogP contribution in [0.25, 0.3) is 22.9 Å². The number of alkyl halides is 2. The van der Waals surface area contributed by atoms with E-state index in [1.807, 2.05) is 45.0 Å². The summed E-state index contributed by atoms with van der Waals surface area (Å²) >= 11 is 0. The minimum Gasteiger partial charge on any atom is -0.444 e. The molecule has 4 heterocycles. The number of ether oxygens (including phenoxy) is 1. The van der Waals surface area contributed by atoms with Crippen molar-refractivity contribution in [3.63, 3.8) is 0 Å². The molecular formula is C27H29F2N7O5. The van der Waals surface area contributed by atoms with E-state index in [4.69, 9.17) is 13.6 Å². The molecule has 5 rings (SSSR count). The van der Waals surface area contributed by atoms with E-state index in [2.05, 4.69) is 25.2 Å². The molecule has 0 radical (unpaired) electrons. The zero-order valence-electron chi connectivity index (χ0n) is 22.8. The van der Waals surface area contributed by atoms with Crippen molar-refractivity contribution < 1.29 is 27.1 Å². The van der Waals surface area contributed by atoms with E-state index < -0.39 is 23.7 Å². The molecule has 14 heteroatoms. The average Bonchev–Trinajstić information content (AvgIpc) is 3.57. The second kappa shape index (κ2) is 11.6. The van der Waals surface area contributed by atoms with Crippen molar-refractivity contribution in [3.05, 3.63) is 70.3 Å². The Hall–Kier alpha value is -4.46. The summed E-state index contributed by atoms with van der Waals surface area (Å²) < 4.78 is 42.2. The Labute approximate surface area is 233 Å². The fraction of sp³-hybridized carbons (Fsp3) is 0.407. The highest BCUT2D eigenvalue weighted by Gasteiger charge is 2.26. The maximum absolute atomic E-state index is 12.7. The number of aromatic nitrogens is 5. The molecule has 41 heavy (non-hydrogen) atoms. The van der Waals surface area contributed by atoms with Crippen molar-refractivity contribution in [2.24, 2.45) is 0 Å². The molecule has 1 aliphatic heterocycles. The Kier molecular flexibility index (Phi) is 7.92. The van der Waals surface area contributed by atoms with Crippen LogP contribution in [0.3, 0.4) is 0 Å². The number of nitrogens with zero attached hydrogens (tertiary/aromatic N) is 7. The van der Waals surface area contributed by atoms with Gasteiger partial charge in [0.1, 0.15) is 5.60 Å². The van der Waals surface area contributed by atoms with Crippen molar-refractivity contribution in [1.29, 1.82) is 0 Å². The zero-order valence-corrected chi connectivity index (χ0v) is 22.8. The van der Waals surface area contributed by atoms with Gasteiger partial charge in [-0.05, 0) is 50.6 Å². The number of amides is 1. The van der Waals surface area contributed by atoms with E-state index in [1.54, 1.807) is 17.0 Å². The van der Waals surface area contributed by atoms with Crippen LogP contribution in [-0.4, -0.2) is 72.6 Å². The summed E-state index contributed by atoms with van der Waals surface area (Å²) in [6, 6.07) is 10.8. The molecule has 0 spiro atoms. The summed E-state index contributed by atoms with van der Waals surface area (Å²) in [6.07, 6.45) is -1.76. The first kappa shape index (κ1) is 28.1. The predicted octanol–water partition coefficient (Wildman–Crippen LogP) is 3.99. The topological polar surface area (TPSA) is 133 Å². The monoisotopic (exact) mass is 569 g/mol. The van der Waals surface area contributed by atoms with Crippen LogP contribution in [0.1, 0.15) is 44.3 Å². The number of carbonyl (C=O) groups is 1. The molecule has 0 atom stereocenters. The van der Waals surface area contributed by atoms with Crippen LogP contribution in [0, 0.1) is 0 Å². The average molecular weight is 570 g/mol. The molecule has 0 N–H and O–H groups in total. The number of benzene rings is 1. The molecule has 0 aliphatic carbocycles. The van der Waals surface area contributed by atoms with Gasteiger partial charge in [0.25, 0.3) is 5.89 Å². The normalized spacial score (nSPS) is 14.5. The molecule has 1 fully saturated rings. The van der Waals surface area contributed by atoms with Gasteiger partial charge in [-0.2, -0.15) is 13.5 Å². The Morgan fingerprint density at radius 2 is 1.66 bits per heavy atom. The van der Waals surface area contributed by atoms with Gasteiger partial charge in [-0.15, -0.1) is 15.3 Å². The third kappa shape index (κ3) is 7.01. The van der Waals surface area contributed by atoms with E-state index in [-0.39, 0.29) is 24.4 Å². The first-order chi connectivity index (χ1) is 19.5. The highest BCUT2D eigenvalue weighted by Crippen LogP contribution is 2.23. The number of hydrogen-bond donors (Lipinski definition) is 0. The predicted molar refractivity (Wildman–Crippen MR) is 141 cm³/mol. The van der Waals surface area contributed by atoms with Crippen LogP contribution in [0.2, 0.25) is 0 Å². The Bertz CT molecular complexity index is 1530. The van der Waals surface area contributed by atoms with Crippen molar-refractivity contribution in [2.45, 2.75) is 45.9 Å². The molecule has 1 saturated heterocycles. The van der Waals surface area contributed by atoms with E-state index >= 15 is 0 Å². The quantitative estimate of drug-likeness (QED) is 0.322. The Balaban J connectivity index is 1.16. The molecule has 216 valence electrons. The molecule has 1 aromatic carbocycles. The molecular weight excluding hydrogens is 540 g/mol. The third-order valence-corrected chi connectivity index (χ3v) is 6.25. The Morgan fingerprint density at radius 3 is 2.27 bits per heavy atom. The molecule has 3 aromatic heterocycles. The Morgan fingerprint density at radius 1 is 0.951 bits per heavy atom. The first-order valence-corrected chi connectivity index (χ1v) is 13.0. The van der Waals surface area contributed by atoms with Crippen LogP contribution in [-0.2, 0) is 17.8 Å². The maximum atomic E-state index is 12.7. The molecule has 0 saturated carbocycles. The summed E-state index contributed by atoms with van der Waals surface area (Å²) in [4.78, 5) is 32.9. The highest BCUT2D eigenvalue weighted by atomic mass is 19.3. The van der Waals surface area contributed by atoms with E-state index in [1.165, 1.54) is 6.20 Å². The summed E-state index contributed by atoms with van der Waals surface area (Å²) in [5, 5.41) is 11.2. The van der Waals surface area contributed by atoms with Gasteiger partial charge >= 0.3 is 18.3 Å². The number of piperazine rings is 1. The second-order valence-corrected chi connectivity index (χ2v) is 10.6. The van der Waals surface area contributed by atoms with Crippen molar-refractivity contribution in [1.82, 2.24) is 34.8 Å². The van der Waals surface area contributed by atoms with Crippen LogP contribution in [0.5, 0.6) is 0 Å². The van der Waals surface area contributed by atoms with Crippen LogP contribution in [0.15, 0.2) is 56.2 Å². The fourth-order valence-electron chi connectivity index (χ4n) is 4.19. The van der Waals surface area contributed by atoms with Crippen molar-refractivity contribution in [2.75, 3.05) is 26.2 Å². The molecule has 4 aromatic rings. The lowest BCUT2D eigenvalue weighted by atomic mass is 10.1. The number of halogens is 2. The summed E-state index contributed by atoms with van der Waals surface area (Å²) in [7, 11) is 0. The number of carbonyl (C=O) groups excluding carboxylic acids is 1. The molecule has 0 unspecified atom stereocenters. The van der Waals surface area contributed by atoms with Crippen molar-refractivity contribution >= 4 is 6.09 Å². The van der Waals surface area contributed by atoms with E-state index in [0.29, 0.717) is 29.9 Å². The number of rotatable bonds is 7. The summed E-state index contributed by atoms with van der Waals surface area (Å²) in [5.41, 5.74) is 2.07. The van der Waals surface area contributed by atoms with Crippen LogP contribution in [0.4, 0.5) is 13.6 Å². The summed E-state index contributed by atoms with van der Waals surface area (Å²) in [6.45, 7) is 9.00. The minimum absolute atomic E-state index is 0.0437. The fourth-order valence-corrected chi connectivity index (χ4v) is 4.19. The number of hydrogen-bond acceptors (Lipinski definition) is 10. The molecule has 12 nitrogen and oxygen atoms in total. The van der Waals surface area contributed by atoms with Gasteiger partial charge in [-0.3, -0.25) is 9.88 Å². The van der Waals surface area contributed by atoms with Gasteiger partial charge in [0.05, 0.1) is 17.8 Å². The standard InChI is InChI=1S/C27H29F2N7O5/c1-27(2,3)41-25(37)35-12-10-34(11-13-35)15-17-4-6-18(7-5-17)23-33-36(26(38)40-23)16-20-9-8-19(14-30-20)22-31-32-24(39-22)21(28)29/h4-9,14,21H,10-13,15-16H2,1-3H3. The molecule has 1 amide bonds. The first-order valence-electron chi connectivity index (χ1n) is 13.0. The highest BCUT2D eigenvalue weighted by molar-refractivity contribution is 5.68. The molecule has 0 bridgehead atoms. The van der Waals surface area contributed by atoms with Gasteiger partial charge in [0, 0.05) is 44.5 Å². The van der Waals surface area contributed by atoms with Crippen molar-refractivity contribution in [3.8, 4) is 22.9 Å². The largest absolute Gasteiger partial charge is 0.444 e.